The number of nitrogens with one attached hydrogen (secondary N) is 1. The van der Waals surface area contributed by atoms with Crippen molar-refractivity contribution >= 4 is 50.0 Å². The molecule has 0 radical (unpaired) electrons. The summed E-state index contributed by atoms with van der Waals surface area (Å²) in [6, 6.07) is 6.52. The van der Waals surface area contributed by atoms with Crippen LogP contribution in [-0.4, -0.2) is 36.6 Å². The molecule has 1 N–H and O–H groups in total. The van der Waals surface area contributed by atoms with Crippen LogP contribution in [0.15, 0.2) is 39.9 Å². The Bertz CT molecular complexity index is 1220. The lowest BCUT2D eigenvalue weighted by Crippen LogP contribution is -2.37. The number of pyridine rings is 1. The number of oxazole rings is 1. The lowest BCUT2D eigenvalue weighted by molar-refractivity contribution is 0.0924. The quantitative estimate of drug-likeness (QED) is 0.610. The van der Waals surface area contributed by atoms with Crippen molar-refractivity contribution in [1.29, 1.82) is 0 Å². The fraction of sp³-hybridized carbons (Fsp3) is 0.350. The molecular weight excluding hydrogens is 449 g/mol. The van der Waals surface area contributed by atoms with Crippen molar-refractivity contribution in [2.24, 2.45) is 0 Å². The maximum atomic E-state index is 12.7. The number of carbonyl (C=O) groups is 1. The highest BCUT2D eigenvalue weighted by Gasteiger charge is 2.28. The molecule has 0 atom stereocenters. The Morgan fingerprint density at radius 2 is 1.90 bits per heavy atom. The van der Waals surface area contributed by atoms with Gasteiger partial charge in [-0.25, -0.2) is 18.4 Å². The molecule has 4 rings (SSSR count). The molecule has 158 valence electrons. The Morgan fingerprint density at radius 1 is 1.17 bits per heavy atom. The molecule has 0 spiro atoms. The first-order valence-electron chi connectivity index (χ1n) is 9.43. The van der Waals surface area contributed by atoms with Crippen LogP contribution in [0.3, 0.4) is 0 Å². The van der Waals surface area contributed by atoms with Gasteiger partial charge >= 0.3 is 0 Å². The van der Waals surface area contributed by atoms with Crippen LogP contribution in [0, 0.1) is 0 Å². The predicted molar refractivity (Wildman–Crippen MR) is 114 cm³/mol. The summed E-state index contributed by atoms with van der Waals surface area (Å²) < 4.78 is 29.3. The van der Waals surface area contributed by atoms with E-state index in [0.717, 1.165) is 37.5 Å². The van der Waals surface area contributed by atoms with Crippen LogP contribution in [0.1, 0.15) is 47.8 Å². The van der Waals surface area contributed by atoms with Crippen LogP contribution >= 0.6 is 23.2 Å². The maximum Gasteiger partial charge on any atom is 0.253 e. The third-order valence-corrected chi connectivity index (χ3v) is 6.75. The van der Waals surface area contributed by atoms with E-state index in [1.54, 1.807) is 12.1 Å². The Balaban J connectivity index is 1.41. The summed E-state index contributed by atoms with van der Waals surface area (Å²) in [6.45, 7) is 0. The molecule has 1 fully saturated rings. The van der Waals surface area contributed by atoms with Gasteiger partial charge in [0.25, 0.3) is 5.91 Å². The predicted octanol–water partition coefficient (Wildman–Crippen LogP) is 4.39. The van der Waals surface area contributed by atoms with Crippen LogP contribution in [0.5, 0.6) is 0 Å². The van der Waals surface area contributed by atoms with E-state index in [1.165, 1.54) is 12.3 Å². The van der Waals surface area contributed by atoms with Crippen molar-refractivity contribution in [2.75, 3.05) is 6.26 Å². The molecule has 10 heteroatoms. The van der Waals surface area contributed by atoms with Crippen LogP contribution in [0.25, 0.3) is 11.1 Å². The van der Waals surface area contributed by atoms with Gasteiger partial charge in [0.15, 0.2) is 26.3 Å². The first kappa shape index (κ1) is 21.1. The minimum Gasteiger partial charge on any atom is -0.440 e. The third kappa shape index (κ3) is 4.45. The first-order valence-corrected chi connectivity index (χ1v) is 12.1. The Labute approximate surface area is 183 Å². The smallest absolute Gasteiger partial charge is 0.253 e. The largest absolute Gasteiger partial charge is 0.440 e. The molecular formula is C20H19Cl2N3O4S. The monoisotopic (exact) mass is 467 g/mol. The highest BCUT2D eigenvalue weighted by molar-refractivity contribution is 7.90. The number of amides is 1. The fourth-order valence-electron chi connectivity index (χ4n) is 3.64. The molecule has 0 saturated heterocycles. The number of nitrogens with zero attached hydrogens (tertiary/aromatic N) is 2. The van der Waals surface area contributed by atoms with Gasteiger partial charge < -0.3 is 9.73 Å². The van der Waals surface area contributed by atoms with Crippen LogP contribution in [0.4, 0.5) is 0 Å². The number of sulfone groups is 1. The number of aromatic nitrogens is 2. The second-order valence-corrected chi connectivity index (χ2v) is 10.3. The van der Waals surface area contributed by atoms with Crippen molar-refractivity contribution < 1.29 is 17.6 Å². The standard InChI is InChI=1S/C20H19Cl2N3O4S/c1-30(27,28)18-9-14(15(22)10-23-18)19(26)24-13-5-2-11(3-6-13)20-25-16-8-12(21)4-7-17(16)29-20/h4,7-11,13H,2-3,5-6H2,1H3,(H,24,26). The van der Waals surface area contributed by atoms with E-state index in [2.05, 4.69) is 15.3 Å². The van der Waals surface area contributed by atoms with Crippen molar-refractivity contribution in [3.8, 4) is 0 Å². The number of rotatable bonds is 4. The molecule has 1 aliphatic carbocycles. The minimum atomic E-state index is -3.54. The van der Waals surface area contributed by atoms with E-state index in [9.17, 15) is 13.2 Å². The summed E-state index contributed by atoms with van der Waals surface area (Å²) >= 11 is 12.1. The van der Waals surface area contributed by atoms with Gasteiger partial charge in [0, 0.05) is 29.4 Å². The molecule has 30 heavy (non-hydrogen) atoms. The normalized spacial score (nSPS) is 19.7. The summed E-state index contributed by atoms with van der Waals surface area (Å²) in [7, 11) is -3.54. The average Bonchev–Trinajstić information content (AvgIpc) is 3.11. The number of hydrogen-bond donors (Lipinski definition) is 1. The molecule has 0 unspecified atom stereocenters. The molecule has 0 bridgehead atoms. The van der Waals surface area contributed by atoms with Gasteiger partial charge in [-0.1, -0.05) is 23.2 Å². The number of hydrogen-bond acceptors (Lipinski definition) is 6. The highest BCUT2D eigenvalue weighted by Crippen LogP contribution is 2.34. The van der Waals surface area contributed by atoms with Crippen molar-refractivity contribution in [3.63, 3.8) is 0 Å². The average molecular weight is 468 g/mol. The molecule has 1 saturated carbocycles. The molecule has 1 amide bonds. The number of benzene rings is 1. The SMILES string of the molecule is CS(=O)(=O)c1cc(C(=O)NC2CCC(c3nc4cc(Cl)ccc4o3)CC2)c(Cl)cn1. The van der Waals surface area contributed by atoms with Gasteiger partial charge in [0.2, 0.25) is 0 Å². The molecule has 3 aromatic rings. The second kappa shape index (κ2) is 8.17. The van der Waals surface area contributed by atoms with Crippen molar-refractivity contribution in [3.05, 3.63) is 52.0 Å². The zero-order valence-corrected chi connectivity index (χ0v) is 18.4. The van der Waals surface area contributed by atoms with E-state index in [0.29, 0.717) is 16.5 Å². The summed E-state index contributed by atoms with van der Waals surface area (Å²) in [4.78, 5) is 21.0. The molecule has 0 aliphatic heterocycles. The van der Waals surface area contributed by atoms with E-state index in [4.69, 9.17) is 27.6 Å². The van der Waals surface area contributed by atoms with Gasteiger partial charge in [-0.3, -0.25) is 4.79 Å². The van der Waals surface area contributed by atoms with Crippen LogP contribution < -0.4 is 5.32 Å². The minimum absolute atomic E-state index is 0.0431. The number of fused-ring (bicyclic) bond motifs is 1. The Morgan fingerprint density at radius 3 is 2.60 bits per heavy atom. The highest BCUT2D eigenvalue weighted by atomic mass is 35.5. The fourth-order valence-corrected chi connectivity index (χ4v) is 4.57. The Hall–Kier alpha value is -2.16. The molecule has 2 aromatic heterocycles. The lowest BCUT2D eigenvalue weighted by Gasteiger charge is -2.27. The summed E-state index contributed by atoms with van der Waals surface area (Å²) in [5, 5.41) is 3.49. The van der Waals surface area contributed by atoms with Gasteiger partial charge in [0.05, 0.1) is 10.6 Å². The zero-order valence-electron chi connectivity index (χ0n) is 16.1. The number of halogens is 2. The van der Waals surface area contributed by atoms with E-state index in [-0.39, 0.29) is 27.6 Å². The van der Waals surface area contributed by atoms with Gasteiger partial charge in [-0.2, -0.15) is 0 Å². The first-order chi connectivity index (χ1) is 14.2. The van der Waals surface area contributed by atoms with Gasteiger partial charge in [-0.15, -0.1) is 0 Å². The van der Waals surface area contributed by atoms with E-state index in [1.807, 2.05) is 6.07 Å². The maximum absolute atomic E-state index is 12.7. The molecule has 7 nitrogen and oxygen atoms in total. The lowest BCUT2D eigenvalue weighted by atomic mass is 9.86. The van der Waals surface area contributed by atoms with Crippen molar-refractivity contribution in [1.82, 2.24) is 15.3 Å². The van der Waals surface area contributed by atoms with Gasteiger partial charge in [0.1, 0.15) is 5.52 Å². The zero-order chi connectivity index (χ0) is 21.5. The summed E-state index contributed by atoms with van der Waals surface area (Å²) in [5.74, 6) is 0.449. The molecule has 1 aromatic carbocycles. The molecule has 1 aliphatic rings. The summed E-state index contributed by atoms with van der Waals surface area (Å²) in [5.41, 5.74) is 1.55. The Kier molecular flexibility index (Phi) is 5.74. The van der Waals surface area contributed by atoms with E-state index < -0.39 is 15.7 Å². The van der Waals surface area contributed by atoms with Crippen LogP contribution in [-0.2, 0) is 9.84 Å². The topological polar surface area (TPSA) is 102 Å². The number of carbonyl (C=O) groups excluding carboxylic acids is 1. The molecule has 2 heterocycles. The van der Waals surface area contributed by atoms with Gasteiger partial charge in [-0.05, 0) is 49.9 Å². The summed E-state index contributed by atoms with van der Waals surface area (Å²) in [6.07, 6.45) is 5.33. The van der Waals surface area contributed by atoms with Crippen LogP contribution in [0.2, 0.25) is 10.0 Å². The van der Waals surface area contributed by atoms with E-state index >= 15 is 0 Å². The van der Waals surface area contributed by atoms with Crippen molar-refractivity contribution in [2.45, 2.75) is 42.7 Å². The third-order valence-electron chi connectivity index (χ3n) is 5.23. The second-order valence-electron chi connectivity index (χ2n) is 7.46.